The average molecular weight is 480 g/mol. The van der Waals surface area contributed by atoms with Crippen LogP contribution in [-0.4, -0.2) is 65.1 Å². The van der Waals surface area contributed by atoms with Gasteiger partial charge in [-0.2, -0.15) is 0 Å². The fraction of sp³-hybridized carbons (Fsp3) is 0.385. The Morgan fingerprint density at radius 1 is 1.12 bits per heavy atom. The van der Waals surface area contributed by atoms with Gasteiger partial charge in [-0.15, -0.1) is 0 Å². The number of carbonyl (C=O) groups is 1. The maximum absolute atomic E-state index is 12.9. The minimum atomic E-state index is -0.194. The molecule has 3 aromatic rings. The van der Waals surface area contributed by atoms with E-state index in [-0.39, 0.29) is 18.1 Å². The minimum absolute atomic E-state index is 0.0281. The molecule has 2 aromatic carbocycles. The van der Waals surface area contributed by atoms with Crippen LogP contribution in [0.4, 0.5) is 0 Å². The standard InChI is InChI=1S/C26H29N3O4S/c1-28(15-21-17-32-23-11-5-6-12-24(23)33-21)25(30)18-34-26-27-14-22(19-8-3-2-4-9-19)29(26)16-20-10-7-13-31-20/h2-6,8-9,11-12,14,20-21H,7,10,13,15-18H2,1H3. The summed E-state index contributed by atoms with van der Waals surface area (Å²) < 4.78 is 19.9. The van der Waals surface area contributed by atoms with Crippen molar-refractivity contribution < 1.29 is 19.0 Å². The lowest BCUT2D eigenvalue weighted by Crippen LogP contribution is -2.42. The highest BCUT2D eigenvalue weighted by molar-refractivity contribution is 7.99. The predicted octanol–water partition coefficient (Wildman–Crippen LogP) is 4.12. The molecule has 0 N–H and O–H groups in total. The van der Waals surface area contributed by atoms with Crippen LogP contribution < -0.4 is 9.47 Å². The summed E-state index contributed by atoms with van der Waals surface area (Å²) in [6, 6.07) is 17.8. The molecule has 178 valence electrons. The van der Waals surface area contributed by atoms with Crippen molar-refractivity contribution in [1.82, 2.24) is 14.5 Å². The molecule has 2 atom stereocenters. The molecule has 2 unspecified atom stereocenters. The normalized spacial score (nSPS) is 19.2. The Bertz CT molecular complexity index is 1110. The van der Waals surface area contributed by atoms with Crippen molar-refractivity contribution in [2.75, 3.05) is 32.6 Å². The van der Waals surface area contributed by atoms with Crippen LogP contribution in [-0.2, 0) is 16.1 Å². The monoisotopic (exact) mass is 479 g/mol. The molecule has 3 heterocycles. The molecule has 7 nitrogen and oxygen atoms in total. The number of amides is 1. The van der Waals surface area contributed by atoms with Crippen LogP contribution in [0.25, 0.3) is 11.3 Å². The van der Waals surface area contributed by atoms with Crippen molar-refractivity contribution in [1.29, 1.82) is 0 Å². The van der Waals surface area contributed by atoms with Gasteiger partial charge in [0.25, 0.3) is 0 Å². The molecule has 5 rings (SSSR count). The molecule has 0 radical (unpaired) electrons. The molecular formula is C26H29N3O4S. The van der Waals surface area contributed by atoms with Crippen LogP contribution in [0.15, 0.2) is 66.0 Å². The number of imidazole rings is 1. The maximum Gasteiger partial charge on any atom is 0.232 e. The van der Waals surface area contributed by atoms with E-state index in [1.54, 1.807) is 11.9 Å². The van der Waals surface area contributed by atoms with Crippen LogP contribution in [0, 0.1) is 0 Å². The van der Waals surface area contributed by atoms with Gasteiger partial charge in [0.05, 0.1) is 36.8 Å². The molecule has 1 amide bonds. The number of thioether (sulfide) groups is 1. The summed E-state index contributed by atoms with van der Waals surface area (Å²) in [4.78, 5) is 19.3. The van der Waals surface area contributed by atoms with Crippen molar-refractivity contribution in [3.05, 3.63) is 60.8 Å². The number of hydrogen-bond donors (Lipinski definition) is 0. The Balaban J connectivity index is 1.22. The lowest BCUT2D eigenvalue weighted by atomic mass is 10.1. The fourth-order valence-corrected chi connectivity index (χ4v) is 5.21. The lowest BCUT2D eigenvalue weighted by Gasteiger charge is -2.29. The first-order chi connectivity index (χ1) is 16.7. The van der Waals surface area contributed by atoms with Crippen molar-refractivity contribution in [3.8, 4) is 22.8 Å². The Labute approximate surface area is 204 Å². The number of likely N-dealkylation sites (N-methyl/N-ethyl adjacent to an activating group) is 1. The van der Waals surface area contributed by atoms with E-state index in [1.807, 2.05) is 48.7 Å². The first-order valence-electron chi connectivity index (χ1n) is 11.6. The van der Waals surface area contributed by atoms with Crippen LogP contribution in [0.3, 0.4) is 0 Å². The Hall–Kier alpha value is -2.97. The zero-order chi connectivity index (χ0) is 23.3. The third-order valence-corrected chi connectivity index (χ3v) is 7.07. The van der Waals surface area contributed by atoms with E-state index < -0.39 is 0 Å². The van der Waals surface area contributed by atoms with E-state index in [0.717, 1.165) is 53.9 Å². The van der Waals surface area contributed by atoms with Crippen LogP contribution in [0.5, 0.6) is 11.5 Å². The molecule has 1 aromatic heterocycles. The van der Waals surface area contributed by atoms with Gasteiger partial charge in [0.15, 0.2) is 22.8 Å². The van der Waals surface area contributed by atoms with E-state index in [0.29, 0.717) is 18.9 Å². The van der Waals surface area contributed by atoms with Crippen LogP contribution in [0.1, 0.15) is 12.8 Å². The molecule has 34 heavy (non-hydrogen) atoms. The Kier molecular flexibility index (Phi) is 7.06. The lowest BCUT2D eigenvalue weighted by molar-refractivity contribution is -0.128. The molecule has 1 saturated heterocycles. The topological polar surface area (TPSA) is 65.8 Å². The molecule has 0 bridgehead atoms. The number of hydrogen-bond acceptors (Lipinski definition) is 6. The van der Waals surface area contributed by atoms with E-state index in [9.17, 15) is 4.79 Å². The van der Waals surface area contributed by atoms with E-state index in [2.05, 4.69) is 21.7 Å². The molecule has 2 aliphatic heterocycles. The first kappa shape index (κ1) is 22.8. The van der Waals surface area contributed by atoms with Crippen LogP contribution in [0.2, 0.25) is 0 Å². The van der Waals surface area contributed by atoms with E-state index in [1.165, 1.54) is 11.8 Å². The number of aromatic nitrogens is 2. The first-order valence-corrected chi connectivity index (χ1v) is 12.6. The van der Waals surface area contributed by atoms with Gasteiger partial charge in [0.2, 0.25) is 5.91 Å². The summed E-state index contributed by atoms with van der Waals surface area (Å²) in [5, 5.41) is 0.835. The summed E-state index contributed by atoms with van der Waals surface area (Å²) >= 11 is 1.47. The highest BCUT2D eigenvalue weighted by Gasteiger charge is 2.25. The molecule has 8 heteroatoms. The average Bonchev–Trinajstić information content (AvgIpc) is 3.53. The Morgan fingerprint density at radius 3 is 2.71 bits per heavy atom. The number of para-hydroxylation sites is 2. The van der Waals surface area contributed by atoms with E-state index in [4.69, 9.17) is 14.2 Å². The van der Waals surface area contributed by atoms with Crippen molar-refractivity contribution >= 4 is 17.7 Å². The van der Waals surface area contributed by atoms with Gasteiger partial charge in [-0.3, -0.25) is 4.79 Å². The smallest absolute Gasteiger partial charge is 0.232 e. The molecule has 0 saturated carbocycles. The summed E-state index contributed by atoms with van der Waals surface area (Å²) in [5.41, 5.74) is 2.16. The zero-order valence-corrected chi connectivity index (χ0v) is 20.1. The number of ether oxygens (including phenoxy) is 3. The van der Waals surface area contributed by atoms with Gasteiger partial charge in [-0.25, -0.2) is 4.98 Å². The third-order valence-electron chi connectivity index (χ3n) is 6.09. The number of nitrogens with zero attached hydrogens (tertiary/aromatic N) is 3. The van der Waals surface area contributed by atoms with Gasteiger partial charge in [-0.05, 0) is 30.5 Å². The molecule has 1 fully saturated rings. The van der Waals surface area contributed by atoms with Gasteiger partial charge in [-0.1, -0.05) is 54.2 Å². The van der Waals surface area contributed by atoms with Gasteiger partial charge >= 0.3 is 0 Å². The molecule has 0 aliphatic carbocycles. The largest absolute Gasteiger partial charge is 0.486 e. The summed E-state index contributed by atoms with van der Waals surface area (Å²) in [7, 11) is 1.81. The second-order valence-electron chi connectivity index (χ2n) is 8.60. The summed E-state index contributed by atoms with van der Waals surface area (Å²) in [6.07, 6.45) is 4.01. The summed E-state index contributed by atoms with van der Waals surface area (Å²) in [6.45, 7) is 2.44. The highest BCUT2D eigenvalue weighted by atomic mass is 32.2. The number of benzene rings is 2. The highest BCUT2D eigenvalue weighted by Crippen LogP contribution is 2.31. The third kappa shape index (κ3) is 5.23. The van der Waals surface area contributed by atoms with E-state index >= 15 is 0 Å². The van der Waals surface area contributed by atoms with Gasteiger partial charge in [0.1, 0.15) is 6.61 Å². The second kappa shape index (κ2) is 10.5. The maximum atomic E-state index is 12.9. The fourth-order valence-electron chi connectivity index (χ4n) is 4.28. The number of carbonyl (C=O) groups excluding carboxylic acids is 1. The van der Waals surface area contributed by atoms with Crippen molar-refractivity contribution in [3.63, 3.8) is 0 Å². The Morgan fingerprint density at radius 2 is 1.91 bits per heavy atom. The van der Waals surface area contributed by atoms with Gasteiger partial charge < -0.3 is 23.7 Å². The summed E-state index contributed by atoms with van der Waals surface area (Å²) in [5.74, 6) is 1.80. The van der Waals surface area contributed by atoms with Crippen molar-refractivity contribution in [2.45, 2.75) is 36.8 Å². The quantitative estimate of drug-likeness (QED) is 0.453. The zero-order valence-electron chi connectivity index (χ0n) is 19.3. The predicted molar refractivity (Wildman–Crippen MR) is 131 cm³/mol. The van der Waals surface area contributed by atoms with Gasteiger partial charge in [0, 0.05) is 13.7 Å². The second-order valence-corrected chi connectivity index (χ2v) is 9.54. The molecule has 2 aliphatic rings. The molecular weight excluding hydrogens is 450 g/mol. The SMILES string of the molecule is CN(CC1COc2ccccc2O1)C(=O)CSc1ncc(-c2ccccc2)n1CC1CCCO1. The van der Waals surface area contributed by atoms with Crippen molar-refractivity contribution in [2.24, 2.45) is 0 Å². The number of rotatable bonds is 8. The minimum Gasteiger partial charge on any atom is -0.486 e. The number of fused-ring (bicyclic) bond motifs is 1. The van der Waals surface area contributed by atoms with Crippen LogP contribution >= 0.6 is 11.8 Å². The molecule has 0 spiro atoms.